The van der Waals surface area contributed by atoms with Crippen molar-refractivity contribution >= 4 is 5.69 Å². The second-order valence-electron chi connectivity index (χ2n) is 5.20. The first-order valence-electron chi connectivity index (χ1n) is 7.33. The lowest BCUT2D eigenvalue weighted by atomic mass is 10.2. The molecule has 0 amide bonds. The third-order valence-electron chi connectivity index (χ3n) is 3.21. The standard InChI is InChI=1S/C15H27N3O3/c1-12(2)15-16-10-14(13(11-19)17-15)18(7-9-21-4)6-5-8-20-3/h10,12,19H,5-9,11H2,1-4H3. The second kappa shape index (κ2) is 9.65. The molecule has 120 valence electrons. The lowest BCUT2D eigenvalue weighted by molar-refractivity contribution is 0.190. The van der Waals surface area contributed by atoms with Crippen LogP contribution in [0.2, 0.25) is 0 Å². The molecule has 21 heavy (non-hydrogen) atoms. The Balaban J connectivity index is 2.93. The Morgan fingerprint density at radius 3 is 2.48 bits per heavy atom. The molecule has 6 nitrogen and oxygen atoms in total. The molecule has 0 unspecified atom stereocenters. The molecular formula is C15H27N3O3. The molecule has 1 heterocycles. The van der Waals surface area contributed by atoms with Gasteiger partial charge in [-0.05, 0) is 6.42 Å². The zero-order chi connectivity index (χ0) is 15.7. The van der Waals surface area contributed by atoms with E-state index in [1.165, 1.54) is 0 Å². The average Bonchev–Trinajstić information content (AvgIpc) is 2.50. The molecule has 0 aliphatic heterocycles. The summed E-state index contributed by atoms with van der Waals surface area (Å²) in [4.78, 5) is 11.0. The van der Waals surface area contributed by atoms with Crippen LogP contribution in [0.25, 0.3) is 0 Å². The van der Waals surface area contributed by atoms with E-state index in [1.807, 2.05) is 13.8 Å². The Morgan fingerprint density at radius 2 is 1.90 bits per heavy atom. The Hall–Kier alpha value is -1.24. The van der Waals surface area contributed by atoms with Crippen molar-refractivity contribution < 1.29 is 14.6 Å². The highest BCUT2D eigenvalue weighted by atomic mass is 16.5. The molecule has 0 aliphatic rings. The number of hydrogen-bond donors (Lipinski definition) is 1. The quantitative estimate of drug-likeness (QED) is 0.661. The molecule has 0 saturated heterocycles. The van der Waals surface area contributed by atoms with Crippen LogP contribution in [0.1, 0.15) is 37.7 Å². The van der Waals surface area contributed by atoms with Crippen molar-refractivity contribution in [1.29, 1.82) is 0 Å². The normalized spacial score (nSPS) is 11.1. The SMILES string of the molecule is COCCCN(CCOC)c1cnc(C(C)C)nc1CO. The summed E-state index contributed by atoms with van der Waals surface area (Å²) >= 11 is 0. The van der Waals surface area contributed by atoms with Crippen LogP contribution in [0.4, 0.5) is 5.69 Å². The van der Waals surface area contributed by atoms with Crippen molar-refractivity contribution in [3.8, 4) is 0 Å². The summed E-state index contributed by atoms with van der Waals surface area (Å²) in [6.45, 7) is 6.85. The Labute approximate surface area is 127 Å². The van der Waals surface area contributed by atoms with E-state index in [4.69, 9.17) is 9.47 Å². The maximum absolute atomic E-state index is 9.60. The largest absolute Gasteiger partial charge is 0.390 e. The maximum atomic E-state index is 9.60. The van der Waals surface area contributed by atoms with Gasteiger partial charge in [0.15, 0.2) is 0 Å². The molecule has 1 aromatic heterocycles. The molecule has 0 atom stereocenters. The monoisotopic (exact) mass is 297 g/mol. The highest BCUT2D eigenvalue weighted by Crippen LogP contribution is 2.20. The van der Waals surface area contributed by atoms with Crippen LogP contribution < -0.4 is 4.90 Å². The van der Waals surface area contributed by atoms with Crippen LogP contribution in [-0.4, -0.2) is 55.6 Å². The van der Waals surface area contributed by atoms with E-state index in [9.17, 15) is 5.11 Å². The summed E-state index contributed by atoms with van der Waals surface area (Å²) in [7, 11) is 3.37. The number of aliphatic hydroxyl groups is 1. The van der Waals surface area contributed by atoms with E-state index < -0.39 is 0 Å². The van der Waals surface area contributed by atoms with E-state index in [1.54, 1.807) is 20.4 Å². The van der Waals surface area contributed by atoms with Gasteiger partial charge in [-0.2, -0.15) is 0 Å². The Kier molecular flexibility index (Phi) is 8.19. The van der Waals surface area contributed by atoms with Crippen molar-refractivity contribution in [1.82, 2.24) is 9.97 Å². The molecule has 1 rings (SSSR count). The smallest absolute Gasteiger partial charge is 0.131 e. The topological polar surface area (TPSA) is 67.7 Å². The zero-order valence-electron chi connectivity index (χ0n) is 13.5. The molecule has 0 aromatic carbocycles. The van der Waals surface area contributed by atoms with Gasteiger partial charge in [-0.1, -0.05) is 13.8 Å². The van der Waals surface area contributed by atoms with Crippen LogP contribution in [0.15, 0.2) is 6.20 Å². The summed E-state index contributed by atoms with van der Waals surface area (Å²) in [6.07, 6.45) is 2.70. The molecule has 0 fully saturated rings. The van der Waals surface area contributed by atoms with Gasteiger partial charge in [0.05, 0.1) is 30.8 Å². The van der Waals surface area contributed by atoms with Gasteiger partial charge in [0.1, 0.15) is 5.82 Å². The molecule has 0 spiro atoms. The first kappa shape index (κ1) is 17.8. The molecule has 0 aliphatic carbocycles. The third-order valence-corrected chi connectivity index (χ3v) is 3.21. The second-order valence-corrected chi connectivity index (χ2v) is 5.20. The Morgan fingerprint density at radius 1 is 1.19 bits per heavy atom. The molecule has 1 aromatic rings. The predicted octanol–water partition coefficient (Wildman–Crippen LogP) is 1.58. The van der Waals surface area contributed by atoms with Crippen molar-refractivity contribution in [2.45, 2.75) is 32.8 Å². The molecule has 0 saturated carbocycles. The molecule has 6 heteroatoms. The van der Waals surface area contributed by atoms with E-state index in [0.29, 0.717) is 18.9 Å². The van der Waals surface area contributed by atoms with E-state index in [0.717, 1.165) is 31.0 Å². The van der Waals surface area contributed by atoms with E-state index in [2.05, 4.69) is 14.9 Å². The number of methoxy groups -OCH3 is 2. The molecule has 0 radical (unpaired) electrons. The van der Waals surface area contributed by atoms with Crippen molar-refractivity contribution in [2.75, 3.05) is 45.4 Å². The van der Waals surface area contributed by atoms with Gasteiger partial charge in [-0.25, -0.2) is 9.97 Å². The van der Waals surface area contributed by atoms with Gasteiger partial charge in [0.2, 0.25) is 0 Å². The number of nitrogens with zero attached hydrogens (tertiary/aromatic N) is 3. The van der Waals surface area contributed by atoms with Crippen molar-refractivity contribution in [2.24, 2.45) is 0 Å². The van der Waals surface area contributed by atoms with E-state index in [-0.39, 0.29) is 12.5 Å². The number of ether oxygens (including phenoxy) is 2. The Bertz CT molecular complexity index is 413. The van der Waals surface area contributed by atoms with Gasteiger partial charge >= 0.3 is 0 Å². The number of rotatable bonds is 10. The predicted molar refractivity (Wildman–Crippen MR) is 82.6 cm³/mol. The van der Waals surface area contributed by atoms with Crippen molar-refractivity contribution in [3.05, 3.63) is 17.7 Å². The highest BCUT2D eigenvalue weighted by Gasteiger charge is 2.15. The fourth-order valence-electron chi connectivity index (χ4n) is 2.04. The number of aromatic nitrogens is 2. The average molecular weight is 297 g/mol. The highest BCUT2D eigenvalue weighted by molar-refractivity contribution is 5.49. The maximum Gasteiger partial charge on any atom is 0.131 e. The first-order chi connectivity index (χ1) is 10.1. The summed E-state index contributed by atoms with van der Waals surface area (Å²) < 4.78 is 10.3. The summed E-state index contributed by atoms with van der Waals surface area (Å²) in [5.74, 6) is 0.997. The lowest BCUT2D eigenvalue weighted by Gasteiger charge is -2.26. The minimum absolute atomic E-state index is 0.0919. The number of aliphatic hydroxyl groups excluding tert-OH is 1. The first-order valence-corrected chi connectivity index (χ1v) is 7.33. The lowest BCUT2D eigenvalue weighted by Crippen LogP contribution is -2.30. The van der Waals surface area contributed by atoms with Gasteiger partial charge in [-0.15, -0.1) is 0 Å². The summed E-state index contributed by atoms with van der Waals surface area (Å²) in [5.41, 5.74) is 1.54. The van der Waals surface area contributed by atoms with Gasteiger partial charge < -0.3 is 19.5 Å². The van der Waals surface area contributed by atoms with E-state index >= 15 is 0 Å². The van der Waals surface area contributed by atoms with Gasteiger partial charge in [-0.3, -0.25) is 0 Å². The van der Waals surface area contributed by atoms with Crippen LogP contribution in [-0.2, 0) is 16.1 Å². The fraction of sp³-hybridized carbons (Fsp3) is 0.733. The summed E-state index contributed by atoms with van der Waals surface area (Å²) in [6, 6.07) is 0. The van der Waals surface area contributed by atoms with Crippen LogP contribution in [0, 0.1) is 0 Å². The molecule has 0 bridgehead atoms. The number of hydrogen-bond acceptors (Lipinski definition) is 6. The van der Waals surface area contributed by atoms with Crippen LogP contribution in [0.5, 0.6) is 0 Å². The third kappa shape index (κ3) is 5.57. The molecule has 1 N–H and O–H groups in total. The zero-order valence-corrected chi connectivity index (χ0v) is 13.5. The van der Waals surface area contributed by atoms with Crippen LogP contribution in [0.3, 0.4) is 0 Å². The fourth-order valence-corrected chi connectivity index (χ4v) is 2.04. The number of anilines is 1. The molecular weight excluding hydrogens is 270 g/mol. The van der Waals surface area contributed by atoms with Crippen molar-refractivity contribution in [3.63, 3.8) is 0 Å². The minimum Gasteiger partial charge on any atom is -0.390 e. The minimum atomic E-state index is -0.0919. The van der Waals surface area contributed by atoms with Gasteiger partial charge in [0.25, 0.3) is 0 Å². The summed E-state index contributed by atoms with van der Waals surface area (Å²) in [5, 5.41) is 9.60. The van der Waals surface area contributed by atoms with Gasteiger partial charge in [0, 0.05) is 39.8 Å². The van der Waals surface area contributed by atoms with Crippen LogP contribution >= 0.6 is 0 Å².